The van der Waals surface area contributed by atoms with Crippen molar-refractivity contribution in [2.45, 2.75) is 12.6 Å². The number of methoxy groups -OCH3 is 1. The second-order valence-electron chi connectivity index (χ2n) is 5.79. The highest BCUT2D eigenvalue weighted by Crippen LogP contribution is 2.32. The lowest BCUT2D eigenvalue weighted by Crippen LogP contribution is -2.14. The molecule has 0 aliphatic carbocycles. The number of amides is 1. The molecule has 0 bridgehead atoms. The fraction of sp³-hybridized carbons (Fsp3) is 0.158. The van der Waals surface area contributed by atoms with E-state index < -0.39 is 11.7 Å². The predicted octanol–water partition coefficient (Wildman–Crippen LogP) is 5.67. The van der Waals surface area contributed by atoms with Crippen molar-refractivity contribution < 1.29 is 22.7 Å². The Morgan fingerprint density at radius 2 is 1.93 bits per heavy atom. The minimum atomic E-state index is -4.38. The zero-order chi connectivity index (χ0) is 20.3. The number of thiazole rings is 1. The van der Waals surface area contributed by atoms with Gasteiger partial charge in [0.2, 0.25) is 5.91 Å². The van der Waals surface area contributed by atoms with E-state index in [0.29, 0.717) is 32.7 Å². The highest BCUT2D eigenvalue weighted by atomic mass is 35.5. The monoisotopic (exact) mass is 426 g/mol. The van der Waals surface area contributed by atoms with Crippen LogP contribution in [-0.4, -0.2) is 18.0 Å². The van der Waals surface area contributed by atoms with Crippen molar-refractivity contribution in [2.75, 3.05) is 12.4 Å². The van der Waals surface area contributed by atoms with Crippen LogP contribution in [0.4, 0.5) is 18.9 Å². The van der Waals surface area contributed by atoms with Gasteiger partial charge >= 0.3 is 6.18 Å². The Morgan fingerprint density at radius 1 is 1.21 bits per heavy atom. The molecule has 9 heteroatoms. The van der Waals surface area contributed by atoms with Gasteiger partial charge in [0.05, 0.1) is 29.8 Å². The summed E-state index contributed by atoms with van der Waals surface area (Å²) >= 11 is 7.29. The molecule has 0 atom stereocenters. The van der Waals surface area contributed by atoms with E-state index >= 15 is 0 Å². The SMILES string of the molecule is COc1ccc(NC(=O)Cc2csc(-c3ccc(C(F)(F)F)cc3)n2)cc1Cl. The van der Waals surface area contributed by atoms with Crippen molar-refractivity contribution in [1.29, 1.82) is 0 Å². The molecule has 1 heterocycles. The largest absolute Gasteiger partial charge is 0.495 e. The van der Waals surface area contributed by atoms with Crippen molar-refractivity contribution in [2.24, 2.45) is 0 Å². The Hall–Kier alpha value is -2.58. The Kier molecular flexibility index (Phi) is 5.90. The molecule has 4 nitrogen and oxygen atoms in total. The highest BCUT2D eigenvalue weighted by molar-refractivity contribution is 7.13. The van der Waals surface area contributed by atoms with Crippen molar-refractivity contribution in [1.82, 2.24) is 4.98 Å². The van der Waals surface area contributed by atoms with E-state index in [-0.39, 0.29) is 12.3 Å². The van der Waals surface area contributed by atoms with Gasteiger partial charge in [0.25, 0.3) is 0 Å². The van der Waals surface area contributed by atoms with Crippen molar-refractivity contribution >= 4 is 34.5 Å². The molecule has 0 unspecified atom stereocenters. The molecule has 3 rings (SSSR count). The van der Waals surface area contributed by atoms with E-state index in [1.807, 2.05) is 0 Å². The summed E-state index contributed by atoms with van der Waals surface area (Å²) in [5.41, 5.74) is 0.892. The zero-order valence-electron chi connectivity index (χ0n) is 14.5. The van der Waals surface area contributed by atoms with Crippen LogP contribution in [0.5, 0.6) is 5.75 Å². The lowest BCUT2D eigenvalue weighted by atomic mass is 10.1. The van der Waals surface area contributed by atoms with Gasteiger partial charge in [-0.1, -0.05) is 23.7 Å². The van der Waals surface area contributed by atoms with Crippen LogP contribution in [0.2, 0.25) is 5.02 Å². The molecule has 0 radical (unpaired) electrons. The number of rotatable bonds is 5. The molecular weight excluding hydrogens is 413 g/mol. The predicted molar refractivity (Wildman–Crippen MR) is 103 cm³/mol. The summed E-state index contributed by atoms with van der Waals surface area (Å²) in [5.74, 6) is 0.214. The third kappa shape index (κ3) is 4.82. The first-order valence-electron chi connectivity index (χ1n) is 8.01. The molecule has 28 heavy (non-hydrogen) atoms. The molecule has 3 aromatic rings. The number of carbonyl (C=O) groups excluding carboxylic acids is 1. The number of hydrogen-bond acceptors (Lipinski definition) is 4. The van der Waals surface area contributed by atoms with Gasteiger partial charge in [0.15, 0.2) is 0 Å². The van der Waals surface area contributed by atoms with Crippen molar-refractivity contribution in [3.8, 4) is 16.3 Å². The molecule has 146 valence electrons. The van der Waals surface area contributed by atoms with Gasteiger partial charge < -0.3 is 10.1 Å². The van der Waals surface area contributed by atoms with Gasteiger partial charge in [0, 0.05) is 16.6 Å². The average Bonchev–Trinajstić information content (AvgIpc) is 3.09. The first-order valence-corrected chi connectivity index (χ1v) is 9.27. The summed E-state index contributed by atoms with van der Waals surface area (Å²) in [6.45, 7) is 0. The molecule has 2 aromatic carbocycles. The summed E-state index contributed by atoms with van der Waals surface area (Å²) in [6, 6.07) is 9.64. The maximum Gasteiger partial charge on any atom is 0.416 e. The number of nitrogens with one attached hydrogen (secondary N) is 1. The first-order chi connectivity index (χ1) is 13.3. The third-order valence-corrected chi connectivity index (χ3v) is 5.02. The van der Waals surface area contributed by atoms with Crippen LogP contribution >= 0.6 is 22.9 Å². The maximum absolute atomic E-state index is 12.6. The number of halogens is 4. The van der Waals surface area contributed by atoms with Crippen LogP contribution in [-0.2, 0) is 17.4 Å². The second-order valence-corrected chi connectivity index (χ2v) is 7.06. The minimum Gasteiger partial charge on any atom is -0.495 e. The molecule has 0 spiro atoms. The maximum atomic E-state index is 12.6. The number of hydrogen-bond donors (Lipinski definition) is 1. The second kappa shape index (κ2) is 8.20. The number of aromatic nitrogens is 1. The van der Waals surface area contributed by atoms with Gasteiger partial charge in [-0.25, -0.2) is 4.98 Å². The molecule has 0 fully saturated rings. The van der Waals surface area contributed by atoms with E-state index in [2.05, 4.69) is 10.3 Å². The number of ether oxygens (including phenoxy) is 1. The Morgan fingerprint density at radius 3 is 2.54 bits per heavy atom. The number of nitrogens with zero attached hydrogens (tertiary/aromatic N) is 1. The fourth-order valence-corrected chi connectivity index (χ4v) is 3.52. The first kappa shape index (κ1) is 20.2. The van der Waals surface area contributed by atoms with Gasteiger partial charge in [-0.2, -0.15) is 13.2 Å². The van der Waals surface area contributed by atoms with Crippen molar-refractivity contribution in [3.63, 3.8) is 0 Å². The quantitative estimate of drug-likeness (QED) is 0.571. The van der Waals surface area contributed by atoms with Crippen LogP contribution in [0.1, 0.15) is 11.3 Å². The Balaban J connectivity index is 1.65. The fourth-order valence-electron chi connectivity index (χ4n) is 2.44. The number of carbonyl (C=O) groups is 1. The van der Waals surface area contributed by atoms with Gasteiger partial charge in [-0.15, -0.1) is 11.3 Å². The molecule has 1 N–H and O–H groups in total. The van der Waals surface area contributed by atoms with E-state index in [9.17, 15) is 18.0 Å². The highest BCUT2D eigenvalue weighted by Gasteiger charge is 2.30. The van der Waals surface area contributed by atoms with Crippen LogP contribution in [0, 0.1) is 0 Å². The molecular formula is C19H14ClF3N2O2S. The Bertz CT molecular complexity index is 988. The lowest BCUT2D eigenvalue weighted by Gasteiger charge is -2.07. The van der Waals surface area contributed by atoms with E-state index in [4.69, 9.17) is 16.3 Å². The summed E-state index contributed by atoms with van der Waals surface area (Å²) in [5, 5.41) is 5.34. The lowest BCUT2D eigenvalue weighted by molar-refractivity contribution is -0.137. The number of alkyl halides is 3. The molecule has 1 aromatic heterocycles. The van der Waals surface area contributed by atoms with Crippen molar-refractivity contribution in [3.05, 3.63) is 64.1 Å². The Labute approximate surface area is 167 Å². The van der Waals surface area contributed by atoms with Crippen LogP contribution in [0.15, 0.2) is 47.8 Å². The molecule has 0 saturated heterocycles. The van der Waals surface area contributed by atoms with E-state index in [1.165, 1.54) is 30.6 Å². The molecule has 0 aliphatic rings. The topological polar surface area (TPSA) is 51.2 Å². The van der Waals surface area contributed by atoms with Crippen LogP contribution < -0.4 is 10.1 Å². The standard InChI is InChI=1S/C19H14ClF3N2O2S/c1-27-16-7-6-13(8-15(16)20)24-17(26)9-14-10-28-18(25-14)11-2-4-12(5-3-11)19(21,22)23/h2-8,10H,9H2,1H3,(H,24,26). The minimum absolute atomic E-state index is 0.0286. The average molecular weight is 427 g/mol. The molecule has 0 aliphatic heterocycles. The van der Waals surface area contributed by atoms with E-state index in [1.54, 1.807) is 23.6 Å². The number of anilines is 1. The zero-order valence-corrected chi connectivity index (χ0v) is 16.1. The summed E-state index contributed by atoms with van der Waals surface area (Å²) < 4.78 is 43.0. The van der Waals surface area contributed by atoms with Crippen LogP contribution in [0.3, 0.4) is 0 Å². The third-order valence-electron chi connectivity index (χ3n) is 3.79. The van der Waals surface area contributed by atoms with Crippen LogP contribution in [0.25, 0.3) is 10.6 Å². The normalized spacial score (nSPS) is 11.3. The summed E-state index contributed by atoms with van der Waals surface area (Å²) in [7, 11) is 1.50. The smallest absolute Gasteiger partial charge is 0.416 e. The summed E-state index contributed by atoms with van der Waals surface area (Å²) in [6.07, 6.45) is -4.35. The summed E-state index contributed by atoms with van der Waals surface area (Å²) in [4.78, 5) is 16.5. The van der Waals surface area contributed by atoms with Gasteiger partial charge in [0.1, 0.15) is 10.8 Å². The van der Waals surface area contributed by atoms with Gasteiger partial charge in [-0.3, -0.25) is 4.79 Å². The number of benzene rings is 2. The molecule has 1 amide bonds. The van der Waals surface area contributed by atoms with E-state index in [0.717, 1.165) is 12.1 Å². The molecule has 0 saturated carbocycles. The van der Waals surface area contributed by atoms with Gasteiger partial charge in [-0.05, 0) is 30.3 Å².